The molecule has 0 bridgehead atoms. The van der Waals surface area contributed by atoms with Crippen LogP contribution in [0.3, 0.4) is 0 Å². The largest absolute Gasteiger partial charge is 0.393 e. The minimum Gasteiger partial charge on any atom is -0.393 e. The van der Waals surface area contributed by atoms with E-state index in [0.29, 0.717) is 32.0 Å². The number of anilines is 1. The molecule has 2 aromatic heterocycles. The Morgan fingerprint density at radius 2 is 1.68 bits per heavy atom. The Labute approximate surface area is 178 Å². The van der Waals surface area contributed by atoms with E-state index in [1.54, 1.807) is 35.3 Å². The molecule has 0 amide bonds. The number of nitrogen functional groups attached to an aromatic ring is 1. The molecule has 2 heterocycles. The van der Waals surface area contributed by atoms with Gasteiger partial charge >= 0.3 is 0 Å². The smallest absolute Gasteiger partial charge is 0.220 e. The van der Waals surface area contributed by atoms with E-state index in [1.807, 2.05) is 0 Å². The van der Waals surface area contributed by atoms with Gasteiger partial charge in [0.2, 0.25) is 5.95 Å². The molecule has 0 atom stereocenters. The van der Waals surface area contributed by atoms with Gasteiger partial charge < -0.3 is 10.8 Å². The molecule has 0 radical (unpaired) electrons. The summed E-state index contributed by atoms with van der Waals surface area (Å²) in [7, 11) is 0. The lowest BCUT2D eigenvalue weighted by Crippen LogP contribution is -2.09. The molecule has 0 aliphatic heterocycles. The van der Waals surface area contributed by atoms with Crippen LogP contribution in [-0.4, -0.2) is 31.0 Å². The molecule has 0 saturated heterocycles. The van der Waals surface area contributed by atoms with Crippen LogP contribution in [0.4, 0.5) is 5.95 Å². The van der Waals surface area contributed by atoms with Crippen molar-refractivity contribution in [3.8, 4) is 16.9 Å². The van der Waals surface area contributed by atoms with E-state index in [4.69, 9.17) is 45.6 Å². The van der Waals surface area contributed by atoms with Crippen LogP contribution in [0.15, 0.2) is 36.8 Å². The first-order chi connectivity index (χ1) is 13.5. The molecule has 0 unspecified atom stereocenters. The van der Waals surface area contributed by atoms with Gasteiger partial charge in [0, 0.05) is 11.8 Å². The molecule has 4 rings (SSSR count). The Morgan fingerprint density at radius 1 is 1.00 bits per heavy atom. The van der Waals surface area contributed by atoms with E-state index in [-0.39, 0.29) is 12.1 Å². The van der Waals surface area contributed by atoms with Gasteiger partial charge in [-0.3, -0.25) is 0 Å². The van der Waals surface area contributed by atoms with Crippen molar-refractivity contribution in [1.29, 1.82) is 0 Å². The SMILES string of the molecule is Nc1ncc(Cl)c(-c2cnn(-c3c(Cl)cccc3Cl)c2)n1.OC1CCCCC1. The fourth-order valence-electron chi connectivity index (χ4n) is 2.94. The highest BCUT2D eigenvalue weighted by Crippen LogP contribution is 2.30. The van der Waals surface area contributed by atoms with Crippen molar-refractivity contribution >= 4 is 40.8 Å². The summed E-state index contributed by atoms with van der Waals surface area (Å²) in [5.74, 6) is 0.137. The number of aliphatic hydroxyl groups is 1. The minimum absolute atomic E-state index is 0.0359. The van der Waals surface area contributed by atoms with Crippen molar-refractivity contribution < 1.29 is 5.11 Å². The predicted molar refractivity (Wildman–Crippen MR) is 113 cm³/mol. The van der Waals surface area contributed by atoms with Crippen LogP contribution < -0.4 is 5.73 Å². The number of halogens is 3. The van der Waals surface area contributed by atoms with Crippen molar-refractivity contribution in [2.75, 3.05) is 5.73 Å². The molecule has 0 spiro atoms. The Morgan fingerprint density at radius 3 is 2.29 bits per heavy atom. The molecule has 9 heteroatoms. The summed E-state index contributed by atoms with van der Waals surface area (Å²) in [6, 6.07) is 5.24. The van der Waals surface area contributed by atoms with Gasteiger partial charge in [0.15, 0.2) is 0 Å². The first-order valence-electron chi connectivity index (χ1n) is 8.91. The summed E-state index contributed by atoms with van der Waals surface area (Å²) in [6.07, 6.45) is 10.7. The maximum absolute atomic E-state index is 8.91. The fourth-order valence-corrected chi connectivity index (χ4v) is 3.71. The van der Waals surface area contributed by atoms with E-state index < -0.39 is 0 Å². The monoisotopic (exact) mass is 439 g/mol. The second kappa shape index (κ2) is 9.56. The third-order valence-corrected chi connectivity index (χ3v) is 5.25. The minimum atomic E-state index is 0.0359. The van der Waals surface area contributed by atoms with E-state index in [0.717, 1.165) is 12.8 Å². The lowest BCUT2D eigenvalue weighted by Gasteiger charge is -2.14. The number of rotatable bonds is 2. The topological polar surface area (TPSA) is 89.9 Å². The summed E-state index contributed by atoms with van der Waals surface area (Å²) >= 11 is 18.4. The van der Waals surface area contributed by atoms with Gasteiger partial charge in [-0.1, -0.05) is 60.1 Å². The van der Waals surface area contributed by atoms with Crippen LogP contribution in [0.2, 0.25) is 15.1 Å². The first-order valence-corrected chi connectivity index (χ1v) is 10.0. The number of para-hydroxylation sites is 1. The molecule has 6 nitrogen and oxygen atoms in total. The number of aliphatic hydroxyl groups excluding tert-OH is 1. The van der Waals surface area contributed by atoms with Crippen LogP contribution in [0, 0.1) is 0 Å². The average molecular weight is 441 g/mol. The van der Waals surface area contributed by atoms with Crippen molar-refractivity contribution in [3.63, 3.8) is 0 Å². The number of hydrogen-bond donors (Lipinski definition) is 2. The van der Waals surface area contributed by atoms with Gasteiger partial charge in [-0.15, -0.1) is 0 Å². The van der Waals surface area contributed by atoms with E-state index >= 15 is 0 Å². The highest BCUT2D eigenvalue weighted by atomic mass is 35.5. The first kappa shape index (κ1) is 20.9. The molecule has 1 fully saturated rings. The number of nitrogens with zero attached hydrogens (tertiary/aromatic N) is 4. The van der Waals surface area contributed by atoms with Crippen molar-refractivity contribution in [2.24, 2.45) is 0 Å². The quantitative estimate of drug-likeness (QED) is 0.573. The van der Waals surface area contributed by atoms with Gasteiger partial charge in [-0.05, 0) is 25.0 Å². The number of hydrogen-bond acceptors (Lipinski definition) is 5. The molecule has 1 aliphatic carbocycles. The molecule has 3 N–H and O–H groups in total. The molecular formula is C19H20Cl3N5O. The van der Waals surface area contributed by atoms with Crippen LogP contribution in [0.5, 0.6) is 0 Å². The summed E-state index contributed by atoms with van der Waals surface area (Å²) < 4.78 is 1.56. The Hall–Kier alpha value is -1.86. The highest BCUT2D eigenvalue weighted by Gasteiger charge is 2.13. The lowest BCUT2D eigenvalue weighted by atomic mass is 9.98. The second-order valence-electron chi connectivity index (χ2n) is 6.46. The third kappa shape index (κ3) is 5.14. The number of aromatic nitrogens is 4. The fraction of sp³-hybridized carbons (Fsp3) is 0.316. The molecular weight excluding hydrogens is 421 g/mol. The molecule has 148 valence electrons. The van der Waals surface area contributed by atoms with E-state index in [2.05, 4.69) is 15.1 Å². The van der Waals surface area contributed by atoms with Gasteiger partial charge in [0.25, 0.3) is 0 Å². The standard InChI is InChI=1S/C13H8Cl3N5.C6H12O/c14-8-2-1-3-9(15)12(8)21-6-7(4-19-21)11-10(16)5-18-13(17)20-11;7-6-4-2-1-3-5-6/h1-6H,(H2,17,18,20);6-7H,1-5H2. The summed E-state index contributed by atoms with van der Waals surface area (Å²) in [5, 5.41) is 14.5. The maximum atomic E-state index is 8.91. The Kier molecular flexibility index (Phi) is 7.13. The number of benzene rings is 1. The normalized spacial score (nSPS) is 14.4. The second-order valence-corrected chi connectivity index (χ2v) is 7.68. The summed E-state index contributed by atoms with van der Waals surface area (Å²) in [5.41, 5.74) is 7.35. The van der Waals surface area contributed by atoms with E-state index in [9.17, 15) is 0 Å². The Balaban J connectivity index is 0.000000271. The third-order valence-electron chi connectivity index (χ3n) is 4.36. The van der Waals surface area contributed by atoms with Crippen LogP contribution in [0.1, 0.15) is 32.1 Å². The predicted octanol–water partition coefficient (Wildman–Crippen LogP) is 5.18. The van der Waals surface area contributed by atoms with E-state index in [1.165, 1.54) is 25.5 Å². The van der Waals surface area contributed by atoms with Crippen LogP contribution in [0.25, 0.3) is 16.9 Å². The summed E-state index contributed by atoms with van der Waals surface area (Å²) in [6.45, 7) is 0. The van der Waals surface area contributed by atoms with Crippen LogP contribution in [-0.2, 0) is 0 Å². The van der Waals surface area contributed by atoms with Crippen LogP contribution >= 0.6 is 34.8 Å². The molecule has 1 aromatic carbocycles. The Bertz CT molecular complexity index is 921. The maximum Gasteiger partial charge on any atom is 0.220 e. The zero-order chi connectivity index (χ0) is 20.1. The molecule has 1 aliphatic rings. The average Bonchev–Trinajstić information content (AvgIpc) is 3.14. The van der Waals surface area contributed by atoms with Gasteiger partial charge in [-0.25, -0.2) is 14.6 Å². The van der Waals surface area contributed by atoms with Gasteiger partial charge in [-0.2, -0.15) is 5.10 Å². The molecule has 3 aromatic rings. The van der Waals surface area contributed by atoms with Gasteiger partial charge in [0.05, 0.1) is 39.3 Å². The molecule has 1 saturated carbocycles. The van der Waals surface area contributed by atoms with Crippen molar-refractivity contribution in [2.45, 2.75) is 38.2 Å². The number of nitrogens with two attached hydrogens (primary N) is 1. The zero-order valence-electron chi connectivity index (χ0n) is 15.0. The van der Waals surface area contributed by atoms with Crippen molar-refractivity contribution in [3.05, 3.63) is 51.9 Å². The van der Waals surface area contributed by atoms with Crippen molar-refractivity contribution in [1.82, 2.24) is 19.7 Å². The lowest BCUT2D eigenvalue weighted by molar-refractivity contribution is 0.130. The van der Waals surface area contributed by atoms with Gasteiger partial charge in [0.1, 0.15) is 5.69 Å². The zero-order valence-corrected chi connectivity index (χ0v) is 17.3. The molecule has 28 heavy (non-hydrogen) atoms. The highest BCUT2D eigenvalue weighted by molar-refractivity contribution is 6.37. The summed E-state index contributed by atoms with van der Waals surface area (Å²) in [4.78, 5) is 7.93.